The number of aromatic amines is 1. The van der Waals surface area contributed by atoms with Crippen molar-refractivity contribution in [2.75, 3.05) is 6.61 Å². The van der Waals surface area contributed by atoms with E-state index < -0.39 is 0 Å². The summed E-state index contributed by atoms with van der Waals surface area (Å²) in [5.74, 6) is 1.14. The first kappa shape index (κ1) is 12.7. The Kier molecular flexibility index (Phi) is 3.18. The Morgan fingerprint density at radius 1 is 1.45 bits per heavy atom. The zero-order valence-electron chi connectivity index (χ0n) is 11.2. The highest BCUT2D eigenvalue weighted by atomic mass is 16.5. The Hall–Kier alpha value is -2.30. The molecule has 1 aromatic heterocycles. The molecule has 1 unspecified atom stereocenters. The predicted octanol–water partition coefficient (Wildman–Crippen LogP) is 1.76. The molecular weight excluding hydrogens is 256 g/mol. The van der Waals surface area contributed by atoms with E-state index in [1.165, 1.54) is 0 Å². The quantitative estimate of drug-likeness (QED) is 0.873. The van der Waals surface area contributed by atoms with Crippen LogP contribution >= 0.6 is 0 Å². The zero-order valence-corrected chi connectivity index (χ0v) is 11.2. The van der Waals surface area contributed by atoms with Gasteiger partial charge in [-0.25, -0.2) is 0 Å². The Morgan fingerprint density at radius 2 is 2.25 bits per heavy atom. The second-order valence-corrected chi connectivity index (χ2v) is 4.93. The van der Waals surface area contributed by atoms with Crippen molar-refractivity contribution in [1.82, 2.24) is 9.97 Å². The Morgan fingerprint density at radius 3 is 3.00 bits per heavy atom. The molecule has 1 aliphatic heterocycles. The fourth-order valence-electron chi connectivity index (χ4n) is 2.52. The second-order valence-electron chi connectivity index (χ2n) is 4.93. The van der Waals surface area contributed by atoms with Gasteiger partial charge in [-0.1, -0.05) is 25.1 Å². The fraction of sp³-hybridized carbons (Fsp3) is 0.333. The van der Waals surface area contributed by atoms with E-state index in [0.717, 1.165) is 17.7 Å². The van der Waals surface area contributed by atoms with Gasteiger partial charge in [0.25, 0.3) is 5.56 Å². The van der Waals surface area contributed by atoms with Crippen LogP contribution in [0, 0.1) is 0 Å². The van der Waals surface area contributed by atoms with E-state index in [9.17, 15) is 9.90 Å². The molecule has 2 heterocycles. The first-order chi connectivity index (χ1) is 9.69. The number of hydrogen-bond donors (Lipinski definition) is 2. The number of H-pyrrole nitrogens is 1. The number of para-hydroxylation sites is 1. The highest BCUT2D eigenvalue weighted by Gasteiger charge is 2.24. The van der Waals surface area contributed by atoms with Crippen LogP contribution < -0.4 is 10.3 Å². The summed E-state index contributed by atoms with van der Waals surface area (Å²) in [5, 5.41) is 9.83. The minimum absolute atomic E-state index is 0.0468. The van der Waals surface area contributed by atoms with Crippen molar-refractivity contribution in [2.45, 2.75) is 25.7 Å². The summed E-state index contributed by atoms with van der Waals surface area (Å²) in [6.45, 7) is 2.26. The molecule has 0 aliphatic carbocycles. The molecule has 20 heavy (non-hydrogen) atoms. The SMILES string of the molecule is CCc1c(O)nc(C2COc3ccccc3C2)[nH]c1=O. The fourth-order valence-corrected chi connectivity index (χ4v) is 2.52. The Bertz CT molecular complexity index is 694. The summed E-state index contributed by atoms with van der Waals surface area (Å²) in [4.78, 5) is 18.8. The van der Waals surface area contributed by atoms with Crippen molar-refractivity contribution < 1.29 is 9.84 Å². The molecule has 0 fully saturated rings. The minimum Gasteiger partial charge on any atom is -0.493 e. The number of nitrogens with one attached hydrogen (secondary N) is 1. The maximum Gasteiger partial charge on any atom is 0.257 e. The number of aromatic hydroxyl groups is 1. The summed E-state index contributed by atoms with van der Waals surface area (Å²) >= 11 is 0. The van der Waals surface area contributed by atoms with Gasteiger partial charge < -0.3 is 14.8 Å². The van der Waals surface area contributed by atoms with Crippen molar-refractivity contribution in [3.63, 3.8) is 0 Å². The van der Waals surface area contributed by atoms with Crippen LogP contribution in [0.2, 0.25) is 0 Å². The van der Waals surface area contributed by atoms with Crippen molar-refractivity contribution in [1.29, 1.82) is 0 Å². The highest BCUT2D eigenvalue weighted by molar-refractivity contribution is 5.36. The largest absolute Gasteiger partial charge is 0.493 e. The van der Waals surface area contributed by atoms with Gasteiger partial charge in [0.05, 0.1) is 18.1 Å². The molecule has 5 nitrogen and oxygen atoms in total. The number of benzene rings is 1. The lowest BCUT2D eigenvalue weighted by molar-refractivity contribution is 0.256. The van der Waals surface area contributed by atoms with Gasteiger partial charge in [-0.15, -0.1) is 0 Å². The molecule has 0 radical (unpaired) electrons. The topological polar surface area (TPSA) is 75.2 Å². The van der Waals surface area contributed by atoms with Gasteiger partial charge in [0.2, 0.25) is 5.88 Å². The molecular formula is C15H16N2O3. The first-order valence-corrected chi connectivity index (χ1v) is 6.71. The van der Waals surface area contributed by atoms with Crippen LogP contribution in [0.15, 0.2) is 29.1 Å². The molecule has 0 saturated heterocycles. The van der Waals surface area contributed by atoms with Gasteiger partial charge in [0, 0.05) is 0 Å². The Labute approximate surface area is 116 Å². The number of fused-ring (bicyclic) bond motifs is 1. The van der Waals surface area contributed by atoms with Crippen LogP contribution in [0.4, 0.5) is 0 Å². The average Bonchev–Trinajstić information content (AvgIpc) is 2.46. The third-order valence-corrected chi connectivity index (χ3v) is 3.63. The number of aromatic nitrogens is 2. The van der Waals surface area contributed by atoms with E-state index in [4.69, 9.17) is 4.74 Å². The smallest absolute Gasteiger partial charge is 0.257 e. The lowest BCUT2D eigenvalue weighted by Crippen LogP contribution is -2.25. The zero-order chi connectivity index (χ0) is 14.1. The van der Waals surface area contributed by atoms with Crippen LogP contribution in [-0.2, 0) is 12.8 Å². The van der Waals surface area contributed by atoms with Crippen LogP contribution in [0.1, 0.15) is 29.8 Å². The standard InChI is InChI=1S/C15H16N2O3/c1-2-11-14(18)16-13(17-15(11)19)10-7-9-5-3-4-6-12(9)20-8-10/h3-6,10H,2,7-8H2,1H3,(H2,16,17,18,19). The van der Waals surface area contributed by atoms with E-state index in [0.29, 0.717) is 24.4 Å². The predicted molar refractivity (Wildman–Crippen MR) is 74.3 cm³/mol. The molecule has 2 N–H and O–H groups in total. The van der Waals surface area contributed by atoms with Crippen LogP contribution in [0.5, 0.6) is 11.6 Å². The number of nitrogens with zero attached hydrogens (tertiary/aromatic N) is 1. The molecule has 1 aliphatic rings. The average molecular weight is 272 g/mol. The highest BCUT2D eigenvalue weighted by Crippen LogP contribution is 2.31. The molecule has 5 heteroatoms. The second kappa shape index (κ2) is 5.00. The van der Waals surface area contributed by atoms with Gasteiger partial charge in [-0.05, 0) is 24.5 Å². The summed E-state index contributed by atoms with van der Waals surface area (Å²) < 4.78 is 5.68. The summed E-state index contributed by atoms with van der Waals surface area (Å²) in [7, 11) is 0. The van der Waals surface area contributed by atoms with Crippen molar-refractivity contribution in [3.8, 4) is 11.6 Å². The van der Waals surface area contributed by atoms with Gasteiger partial charge in [-0.2, -0.15) is 4.98 Å². The van der Waals surface area contributed by atoms with E-state index in [1.807, 2.05) is 31.2 Å². The van der Waals surface area contributed by atoms with Crippen LogP contribution in [0.3, 0.4) is 0 Å². The maximum atomic E-state index is 11.9. The van der Waals surface area contributed by atoms with Crippen LogP contribution in [-0.4, -0.2) is 21.7 Å². The molecule has 1 aromatic carbocycles. The van der Waals surface area contributed by atoms with Gasteiger partial charge in [0.15, 0.2) is 0 Å². The lowest BCUT2D eigenvalue weighted by atomic mass is 9.96. The molecule has 2 aromatic rings. The molecule has 3 rings (SSSR count). The van der Waals surface area contributed by atoms with Crippen LogP contribution in [0.25, 0.3) is 0 Å². The third-order valence-electron chi connectivity index (χ3n) is 3.63. The normalized spacial score (nSPS) is 17.4. The summed E-state index contributed by atoms with van der Waals surface area (Å²) in [5.41, 5.74) is 1.14. The molecule has 1 atom stereocenters. The molecule has 0 saturated carbocycles. The summed E-state index contributed by atoms with van der Waals surface area (Å²) in [6, 6.07) is 7.82. The number of hydrogen-bond acceptors (Lipinski definition) is 4. The van der Waals surface area contributed by atoms with Crippen molar-refractivity contribution in [2.24, 2.45) is 0 Å². The summed E-state index contributed by atoms with van der Waals surface area (Å²) in [6.07, 6.45) is 1.20. The molecule has 0 amide bonds. The third kappa shape index (κ3) is 2.15. The van der Waals surface area contributed by atoms with E-state index in [1.54, 1.807) is 0 Å². The minimum atomic E-state index is -0.270. The molecule has 0 spiro atoms. The lowest BCUT2D eigenvalue weighted by Gasteiger charge is -2.24. The molecule has 0 bridgehead atoms. The van der Waals surface area contributed by atoms with Crippen molar-refractivity contribution in [3.05, 3.63) is 51.6 Å². The Balaban J connectivity index is 1.94. The monoisotopic (exact) mass is 272 g/mol. The first-order valence-electron chi connectivity index (χ1n) is 6.71. The maximum absolute atomic E-state index is 11.9. The molecule has 104 valence electrons. The number of rotatable bonds is 2. The van der Waals surface area contributed by atoms with Gasteiger partial charge >= 0.3 is 0 Å². The van der Waals surface area contributed by atoms with Gasteiger partial charge in [0.1, 0.15) is 11.6 Å². The van der Waals surface area contributed by atoms with E-state index >= 15 is 0 Å². The van der Waals surface area contributed by atoms with Crippen molar-refractivity contribution >= 4 is 0 Å². The van der Waals surface area contributed by atoms with Gasteiger partial charge in [-0.3, -0.25) is 4.79 Å². The van der Waals surface area contributed by atoms with E-state index in [2.05, 4.69) is 9.97 Å². The van der Waals surface area contributed by atoms with E-state index in [-0.39, 0.29) is 17.4 Å². The number of ether oxygens (including phenoxy) is 1.